The van der Waals surface area contributed by atoms with Gasteiger partial charge < -0.3 is 20.8 Å². The van der Waals surface area contributed by atoms with Crippen molar-refractivity contribution < 1.29 is 28.6 Å². The van der Waals surface area contributed by atoms with Crippen molar-refractivity contribution in [1.82, 2.24) is 0 Å². The zero-order valence-corrected chi connectivity index (χ0v) is 18.5. The zero-order valence-electron chi connectivity index (χ0n) is 18.5. The quantitative estimate of drug-likeness (QED) is 0.270. The van der Waals surface area contributed by atoms with Crippen LogP contribution < -0.4 is 10.6 Å². The molecule has 0 atom stereocenters. The lowest BCUT2D eigenvalue weighted by Crippen LogP contribution is -2.12. The van der Waals surface area contributed by atoms with E-state index in [9.17, 15) is 28.6 Å². The summed E-state index contributed by atoms with van der Waals surface area (Å²) in [7, 11) is 0. The molecule has 0 unspecified atom stereocenters. The van der Waals surface area contributed by atoms with Gasteiger partial charge in [0.15, 0.2) is 11.6 Å². The highest BCUT2D eigenvalue weighted by atomic mass is 19.2. The third-order valence-electron chi connectivity index (χ3n) is 5.24. The molecule has 2 amide bonds. The van der Waals surface area contributed by atoms with Crippen LogP contribution in [-0.2, 0) is 4.79 Å². The summed E-state index contributed by atoms with van der Waals surface area (Å²) in [4.78, 5) is 24.2. The molecule has 0 aliphatic rings. The normalized spacial score (nSPS) is 10.6. The number of hydrogen-bond acceptors (Lipinski definition) is 4. The Hall–Kier alpha value is -4.72. The Balaban J connectivity index is 1.61. The molecule has 0 spiro atoms. The first-order valence-electron chi connectivity index (χ1n) is 10.5. The Morgan fingerprint density at radius 2 is 1.34 bits per heavy atom. The van der Waals surface area contributed by atoms with E-state index >= 15 is 0 Å². The van der Waals surface area contributed by atoms with E-state index in [1.807, 2.05) is 0 Å². The molecule has 4 aromatic rings. The van der Waals surface area contributed by atoms with Gasteiger partial charge in [-0.1, -0.05) is 18.2 Å². The number of amides is 2. The minimum atomic E-state index is -1.07. The number of aromatic hydroxyl groups is 2. The van der Waals surface area contributed by atoms with E-state index in [1.54, 1.807) is 30.3 Å². The lowest BCUT2D eigenvalue weighted by molar-refractivity contribution is -0.114. The molecule has 8 heteroatoms. The highest BCUT2D eigenvalue weighted by Gasteiger charge is 2.14. The second-order valence-electron chi connectivity index (χ2n) is 7.81. The molecule has 176 valence electrons. The van der Waals surface area contributed by atoms with Crippen LogP contribution in [0.25, 0.3) is 22.3 Å². The van der Waals surface area contributed by atoms with E-state index in [1.165, 1.54) is 43.3 Å². The van der Waals surface area contributed by atoms with Crippen LogP contribution in [0.1, 0.15) is 17.3 Å². The second-order valence-corrected chi connectivity index (χ2v) is 7.81. The summed E-state index contributed by atoms with van der Waals surface area (Å²) >= 11 is 0. The van der Waals surface area contributed by atoms with Crippen LogP contribution in [0.5, 0.6) is 11.5 Å². The highest BCUT2D eigenvalue weighted by molar-refractivity contribution is 6.05. The van der Waals surface area contributed by atoms with E-state index in [0.29, 0.717) is 22.5 Å². The maximum absolute atomic E-state index is 13.7. The Labute approximate surface area is 199 Å². The average molecular weight is 474 g/mol. The van der Waals surface area contributed by atoms with Crippen LogP contribution in [0.2, 0.25) is 0 Å². The van der Waals surface area contributed by atoms with E-state index < -0.39 is 17.5 Å². The SMILES string of the molecule is CC(=O)Nc1cccc(-c2cc(NC(=O)c3ccc(O)c(-c4ccc(F)c(F)c4)c3)ccc2O)c1. The molecule has 6 nitrogen and oxygen atoms in total. The van der Waals surface area contributed by atoms with Crippen LogP contribution in [0, 0.1) is 11.6 Å². The van der Waals surface area contributed by atoms with Gasteiger partial charge in [0.1, 0.15) is 11.5 Å². The lowest BCUT2D eigenvalue weighted by Gasteiger charge is -2.12. The van der Waals surface area contributed by atoms with Crippen molar-refractivity contribution in [2.75, 3.05) is 10.6 Å². The van der Waals surface area contributed by atoms with Gasteiger partial charge in [-0.15, -0.1) is 0 Å². The molecule has 0 aromatic heterocycles. The third-order valence-corrected chi connectivity index (χ3v) is 5.24. The van der Waals surface area contributed by atoms with Gasteiger partial charge in [-0.3, -0.25) is 9.59 Å². The zero-order chi connectivity index (χ0) is 25.1. The topological polar surface area (TPSA) is 98.7 Å². The summed E-state index contributed by atoms with van der Waals surface area (Å²) in [5, 5.41) is 26.0. The smallest absolute Gasteiger partial charge is 0.255 e. The van der Waals surface area contributed by atoms with Crippen LogP contribution >= 0.6 is 0 Å². The molecule has 0 bridgehead atoms. The molecule has 4 N–H and O–H groups in total. The summed E-state index contributed by atoms with van der Waals surface area (Å²) in [6.07, 6.45) is 0. The van der Waals surface area contributed by atoms with Crippen LogP contribution in [0.15, 0.2) is 78.9 Å². The molecule has 35 heavy (non-hydrogen) atoms. The van der Waals surface area contributed by atoms with Gasteiger partial charge in [0.2, 0.25) is 5.91 Å². The Kier molecular flexibility index (Phi) is 6.46. The minimum absolute atomic E-state index is 0.0202. The maximum atomic E-state index is 13.7. The molecule has 0 fully saturated rings. The minimum Gasteiger partial charge on any atom is -0.507 e. The number of phenols is 2. The standard InChI is InChI=1S/C27H20F2N2O4/c1-15(32)30-19-4-2-3-16(11-19)22-14-20(7-10-26(22)34)31-27(35)18-6-9-25(33)21(12-18)17-5-8-23(28)24(29)13-17/h2-14,33-34H,1H3,(H,30,32)(H,31,35). The van der Waals surface area contributed by atoms with Gasteiger partial charge in [-0.2, -0.15) is 0 Å². The van der Waals surface area contributed by atoms with Gasteiger partial charge in [0.05, 0.1) is 0 Å². The number of phenolic OH excluding ortho intramolecular Hbond substituents is 2. The fourth-order valence-corrected chi connectivity index (χ4v) is 3.59. The van der Waals surface area contributed by atoms with Crippen molar-refractivity contribution in [3.05, 3.63) is 96.1 Å². The first kappa shape index (κ1) is 23.4. The molecule has 4 aromatic carbocycles. The number of nitrogens with one attached hydrogen (secondary N) is 2. The van der Waals surface area contributed by atoms with Crippen LogP contribution in [0.3, 0.4) is 0 Å². The molecule has 0 saturated carbocycles. The summed E-state index contributed by atoms with van der Waals surface area (Å²) in [5.41, 5.74) is 2.54. The number of halogens is 2. The van der Waals surface area contributed by atoms with Crippen molar-refractivity contribution >= 4 is 23.2 Å². The predicted octanol–water partition coefficient (Wildman–Crippen LogP) is 5.92. The number of carbonyl (C=O) groups excluding carboxylic acids is 2. The predicted molar refractivity (Wildman–Crippen MR) is 129 cm³/mol. The fourth-order valence-electron chi connectivity index (χ4n) is 3.59. The molecule has 0 heterocycles. The van der Waals surface area contributed by atoms with Gasteiger partial charge >= 0.3 is 0 Å². The van der Waals surface area contributed by atoms with E-state index in [4.69, 9.17) is 0 Å². The third kappa shape index (κ3) is 5.27. The Morgan fingerprint density at radius 3 is 2.06 bits per heavy atom. The molecule has 0 aliphatic heterocycles. The summed E-state index contributed by atoms with van der Waals surface area (Å²) in [6.45, 7) is 1.39. The molecule has 0 aliphatic carbocycles. The second kappa shape index (κ2) is 9.64. The molecule has 0 radical (unpaired) electrons. The van der Waals surface area contributed by atoms with Gasteiger partial charge in [0.25, 0.3) is 5.91 Å². The highest BCUT2D eigenvalue weighted by Crippen LogP contribution is 2.34. The van der Waals surface area contributed by atoms with E-state index in [-0.39, 0.29) is 34.1 Å². The first-order chi connectivity index (χ1) is 16.7. The maximum Gasteiger partial charge on any atom is 0.255 e. The van der Waals surface area contributed by atoms with Gasteiger partial charge in [0, 0.05) is 35.0 Å². The monoisotopic (exact) mass is 474 g/mol. The molecule has 0 saturated heterocycles. The van der Waals surface area contributed by atoms with Crippen LogP contribution in [0.4, 0.5) is 20.2 Å². The van der Waals surface area contributed by atoms with Crippen LogP contribution in [-0.4, -0.2) is 22.0 Å². The largest absolute Gasteiger partial charge is 0.507 e. The number of anilines is 2. The number of hydrogen-bond donors (Lipinski definition) is 4. The lowest BCUT2D eigenvalue weighted by atomic mass is 10.0. The molecular formula is C27H20F2N2O4. The summed E-state index contributed by atoms with van der Waals surface area (Å²) in [6, 6.07) is 18.6. The number of rotatable bonds is 5. The van der Waals surface area contributed by atoms with Gasteiger partial charge in [-0.05, 0) is 71.8 Å². The molecule has 4 rings (SSSR count). The number of carbonyl (C=O) groups is 2. The van der Waals surface area contributed by atoms with Crippen molar-refractivity contribution in [2.24, 2.45) is 0 Å². The van der Waals surface area contributed by atoms with Crippen molar-refractivity contribution in [2.45, 2.75) is 6.92 Å². The average Bonchev–Trinajstić information content (AvgIpc) is 2.82. The van der Waals surface area contributed by atoms with E-state index in [2.05, 4.69) is 10.6 Å². The first-order valence-corrected chi connectivity index (χ1v) is 10.5. The van der Waals surface area contributed by atoms with Crippen molar-refractivity contribution in [1.29, 1.82) is 0 Å². The summed E-state index contributed by atoms with van der Waals surface area (Å²) in [5.74, 6) is -3.06. The fraction of sp³-hybridized carbons (Fsp3) is 0.0370. The van der Waals surface area contributed by atoms with Crippen molar-refractivity contribution in [3.63, 3.8) is 0 Å². The molecular weight excluding hydrogens is 454 g/mol. The number of benzene rings is 4. The Morgan fingerprint density at radius 1 is 0.686 bits per heavy atom. The Bertz CT molecular complexity index is 1450. The summed E-state index contributed by atoms with van der Waals surface area (Å²) < 4.78 is 27.0. The van der Waals surface area contributed by atoms with Gasteiger partial charge in [-0.25, -0.2) is 8.78 Å². The van der Waals surface area contributed by atoms with Crippen molar-refractivity contribution in [3.8, 4) is 33.8 Å². The van der Waals surface area contributed by atoms with E-state index in [0.717, 1.165) is 12.1 Å².